The number of rotatable bonds is 4. The van der Waals surface area contributed by atoms with Gasteiger partial charge in [0.1, 0.15) is 0 Å². The van der Waals surface area contributed by atoms with Crippen molar-refractivity contribution in [3.05, 3.63) is 69.7 Å². The number of hydrogen-bond donors (Lipinski definition) is 1. The molecule has 3 heteroatoms. The molecule has 0 radical (unpaired) electrons. The van der Waals surface area contributed by atoms with Crippen molar-refractivity contribution >= 4 is 23.2 Å². The molecule has 0 saturated heterocycles. The largest absolute Gasteiger partial charge is 0.330 e. The molecular weight excluding hydrogens is 265 g/mol. The molecule has 0 bridgehead atoms. The van der Waals surface area contributed by atoms with Gasteiger partial charge in [-0.05, 0) is 42.3 Å². The van der Waals surface area contributed by atoms with Crippen LogP contribution in [0, 0.1) is 0 Å². The third kappa shape index (κ3) is 3.26. The Morgan fingerprint density at radius 3 is 2.22 bits per heavy atom. The second kappa shape index (κ2) is 6.24. The number of halogens is 2. The molecule has 0 aromatic heterocycles. The van der Waals surface area contributed by atoms with Crippen LogP contribution in [0.2, 0.25) is 10.0 Å². The number of hydrogen-bond acceptors (Lipinski definition) is 1. The van der Waals surface area contributed by atoms with Gasteiger partial charge in [-0.3, -0.25) is 0 Å². The highest BCUT2D eigenvalue weighted by Gasteiger charge is 2.12. The first-order valence-corrected chi connectivity index (χ1v) is 6.65. The monoisotopic (exact) mass is 279 g/mol. The van der Waals surface area contributed by atoms with Gasteiger partial charge in [-0.25, -0.2) is 0 Å². The Balaban J connectivity index is 2.20. The lowest BCUT2D eigenvalue weighted by Gasteiger charge is -2.16. The normalized spacial score (nSPS) is 12.4. The summed E-state index contributed by atoms with van der Waals surface area (Å²) >= 11 is 12.1. The molecule has 0 aliphatic heterocycles. The fraction of sp³-hybridized carbons (Fsp3) is 0.200. The van der Waals surface area contributed by atoms with E-state index in [-0.39, 0.29) is 5.92 Å². The van der Waals surface area contributed by atoms with Crippen LogP contribution in [0.5, 0.6) is 0 Å². The molecule has 2 aromatic rings. The van der Waals surface area contributed by atoms with E-state index in [2.05, 4.69) is 0 Å². The van der Waals surface area contributed by atoms with Crippen molar-refractivity contribution in [2.45, 2.75) is 12.3 Å². The van der Waals surface area contributed by atoms with Crippen molar-refractivity contribution < 1.29 is 0 Å². The molecule has 0 spiro atoms. The standard InChI is InChI=1S/C15H15Cl2N/c16-14-7-5-11(6-8-14)13(10-18)9-12-3-1-2-4-15(12)17/h1-8,13H,9-10,18H2. The fourth-order valence-corrected chi connectivity index (χ4v) is 2.34. The minimum atomic E-state index is 0.266. The van der Waals surface area contributed by atoms with Crippen LogP contribution in [0.3, 0.4) is 0 Å². The van der Waals surface area contributed by atoms with Crippen LogP contribution in [-0.4, -0.2) is 6.54 Å². The van der Waals surface area contributed by atoms with Crippen molar-refractivity contribution in [2.24, 2.45) is 5.73 Å². The summed E-state index contributed by atoms with van der Waals surface area (Å²) in [6, 6.07) is 15.7. The minimum Gasteiger partial charge on any atom is -0.330 e. The highest BCUT2D eigenvalue weighted by Crippen LogP contribution is 2.25. The summed E-state index contributed by atoms with van der Waals surface area (Å²) in [5, 5.41) is 1.54. The van der Waals surface area contributed by atoms with E-state index in [4.69, 9.17) is 28.9 Å². The van der Waals surface area contributed by atoms with Gasteiger partial charge in [-0.2, -0.15) is 0 Å². The van der Waals surface area contributed by atoms with E-state index in [1.165, 1.54) is 5.56 Å². The van der Waals surface area contributed by atoms with Crippen LogP contribution in [0.1, 0.15) is 17.0 Å². The predicted octanol–water partition coefficient (Wildman–Crippen LogP) is 4.28. The molecular formula is C15H15Cl2N. The Morgan fingerprint density at radius 1 is 0.944 bits per heavy atom. The van der Waals surface area contributed by atoms with Crippen LogP contribution < -0.4 is 5.73 Å². The van der Waals surface area contributed by atoms with Crippen LogP contribution in [-0.2, 0) is 6.42 Å². The molecule has 0 amide bonds. The van der Waals surface area contributed by atoms with Crippen LogP contribution >= 0.6 is 23.2 Å². The quantitative estimate of drug-likeness (QED) is 0.888. The van der Waals surface area contributed by atoms with E-state index in [1.54, 1.807) is 0 Å². The van der Waals surface area contributed by atoms with Gasteiger partial charge in [0.2, 0.25) is 0 Å². The molecule has 0 fully saturated rings. The van der Waals surface area contributed by atoms with Crippen molar-refractivity contribution in [3.8, 4) is 0 Å². The molecule has 94 valence electrons. The van der Waals surface area contributed by atoms with Crippen molar-refractivity contribution in [2.75, 3.05) is 6.54 Å². The zero-order chi connectivity index (χ0) is 13.0. The van der Waals surface area contributed by atoms with Crippen LogP contribution in [0.15, 0.2) is 48.5 Å². The third-order valence-electron chi connectivity index (χ3n) is 3.05. The molecule has 2 N–H and O–H groups in total. The first kappa shape index (κ1) is 13.4. The first-order valence-electron chi connectivity index (χ1n) is 5.89. The minimum absolute atomic E-state index is 0.266. The van der Waals surface area contributed by atoms with E-state index in [0.717, 1.165) is 22.0 Å². The van der Waals surface area contributed by atoms with E-state index in [0.29, 0.717) is 6.54 Å². The fourth-order valence-electron chi connectivity index (χ4n) is 2.00. The van der Waals surface area contributed by atoms with Gasteiger partial charge in [-0.1, -0.05) is 53.5 Å². The summed E-state index contributed by atoms with van der Waals surface area (Å²) in [6.45, 7) is 0.590. The summed E-state index contributed by atoms with van der Waals surface area (Å²) in [4.78, 5) is 0. The number of benzene rings is 2. The molecule has 2 aromatic carbocycles. The maximum absolute atomic E-state index is 6.18. The van der Waals surface area contributed by atoms with Crippen molar-refractivity contribution in [1.29, 1.82) is 0 Å². The Kier molecular flexibility index (Phi) is 4.65. The zero-order valence-electron chi connectivity index (χ0n) is 9.94. The lowest BCUT2D eigenvalue weighted by Crippen LogP contribution is -2.15. The van der Waals surface area contributed by atoms with Gasteiger partial charge in [0.15, 0.2) is 0 Å². The topological polar surface area (TPSA) is 26.0 Å². The number of nitrogens with two attached hydrogens (primary N) is 1. The Bertz CT molecular complexity index is 508. The zero-order valence-corrected chi connectivity index (χ0v) is 11.5. The molecule has 0 saturated carbocycles. The summed E-state index contributed by atoms with van der Waals surface area (Å²) in [5.41, 5.74) is 8.19. The molecule has 0 aliphatic carbocycles. The van der Waals surface area contributed by atoms with Gasteiger partial charge in [0, 0.05) is 16.0 Å². The lowest BCUT2D eigenvalue weighted by molar-refractivity contribution is 0.694. The van der Waals surface area contributed by atoms with Gasteiger partial charge < -0.3 is 5.73 Å². The summed E-state index contributed by atoms with van der Waals surface area (Å²) in [6.07, 6.45) is 0.845. The summed E-state index contributed by atoms with van der Waals surface area (Å²) in [5.74, 6) is 0.266. The third-order valence-corrected chi connectivity index (χ3v) is 3.67. The molecule has 2 rings (SSSR count). The van der Waals surface area contributed by atoms with E-state index in [1.807, 2.05) is 48.5 Å². The highest BCUT2D eigenvalue weighted by atomic mass is 35.5. The van der Waals surface area contributed by atoms with E-state index in [9.17, 15) is 0 Å². The maximum Gasteiger partial charge on any atom is 0.0438 e. The Labute approximate surface area is 118 Å². The van der Waals surface area contributed by atoms with Gasteiger partial charge in [-0.15, -0.1) is 0 Å². The smallest absolute Gasteiger partial charge is 0.0438 e. The van der Waals surface area contributed by atoms with E-state index >= 15 is 0 Å². The maximum atomic E-state index is 6.18. The van der Waals surface area contributed by atoms with Gasteiger partial charge in [0.05, 0.1) is 0 Å². The predicted molar refractivity (Wildman–Crippen MR) is 78.4 cm³/mol. The SMILES string of the molecule is NCC(Cc1ccccc1Cl)c1ccc(Cl)cc1. The molecule has 0 heterocycles. The van der Waals surface area contributed by atoms with Crippen molar-refractivity contribution in [3.63, 3.8) is 0 Å². The highest BCUT2D eigenvalue weighted by molar-refractivity contribution is 6.31. The van der Waals surface area contributed by atoms with E-state index < -0.39 is 0 Å². The molecule has 18 heavy (non-hydrogen) atoms. The average molecular weight is 280 g/mol. The van der Waals surface area contributed by atoms with Gasteiger partial charge >= 0.3 is 0 Å². The molecule has 1 atom stereocenters. The molecule has 1 nitrogen and oxygen atoms in total. The Morgan fingerprint density at radius 2 is 1.61 bits per heavy atom. The Hall–Kier alpha value is -1.02. The van der Waals surface area contributed by atoms with Crippen LogP contribution in [0.25, 0.3) is 0 Å². The van der Waals surface area contributed by atoms with Gasteiger partial charge in [0.25, 0.3) is 0 Å². The second-order valence-corrected chi connectivity index (χ2v) is 5.12. The second-order valence-electron chi connectivity index (χ2n) is 4.28. The van der Waals surface area contributed by atoms with Crippen LogP contribution in [0.4, 0.5) is 0 Å². The average Bonchev–Trinajstić information content (AvgIpc) is 2.39. The lowest BCUT2D eigenvalue weighted by atomic mass is 9.92. The first-order chi connectivity index (χ1) is 8.70. The molecule has 0 aliphatic rings. The van der Waals surface area contributed by atoms with Crippen molar-refractivity contribution in [1.82, 2.24) is 0 Å². The summed E-state index contributed by atoms with van der Waals surface area (Å²) in [7, 11) is 0. The molecule has 1 unspecified atom stereocenters. The summed E-state index contributed by atoms with van der Waals surface area (Å²) < 4.78 is 0.